The van der Waals surface area contributed by atoms with E-state index in [1.807, 2.05) is 0 Å². The maximum Gasteiger partial charge on any atom is 0.244 e. The molecule has 0 aromatic heterocycles. The molecule has 0 aliphatic heterocycles. The van der Waals surface area contributed by atoms with Gasteiger partial charge in [-0.1, -0.05) is 0 Å². The Kier molecular flexibility index (Phi) is 7.74. The van der Waals surface area contributed by atoms with Gasteiger partial charge in [0.15, 0.2) is 5.78 Å². The van der Waals surface area contributed by atoms with Crippen LogP contribution in [-0.4, -0.2) is 29.9 Å². The van der Waals surface area contributed by atoms with Gasteiger partial charge in [-0.05, 0) is 32.3 Å². The van der Waals surface area contributed by atoms with E-state index in [0.717, 1.165) is 19.3 Å². The number of amides is 1. The number of hydrogen-bond donors (Lipinski definition) is 2. The molecule has 4 nitrogen and oxygen atoms in total. The number of aliphatic hydroxyl groups excluding tert-OH is 1. The van der Waals surface area contributed by atoms with Gasteiger partial charge in [0, 0.05) is 19.2 Å². The van der Waals surface area contributed by atoms with Crippen molar-refractivity contribution in [3.05, 3.63) is 12.2 Å². The second-order valence-electron chi connectivity index (χ2n) is 3.02. The Labute approximate surface area is 84.0 Å². The first-order valence-electron chi connectivity index (χ1n) is 4.74. The minimum absolute atomic E-state index is 0.138. The third-order valence-corrected chi connectivity index (χ3v) is 1.60. The number of carbonyl (C=O) groups is 2. The van der Waals surface area contributed by atoms with Gasteiger partial charge >= 0.3 is 0 Å². The van der Waals surface area contributed by atoms with Gasteiger partial charge in [0.25, 0.3) is 0 Å². The fourth-order valence-corrected chi connectivity index (χ4v) is 0.877. The van der Waals surface area contributed by atoms with Gasteiger partial charge in [-0.15, -0.1) is 0 Å². The van der Waals surface area contributed by atoms with Crippen LogP contribution in [0.1, 0.15) is 26.2 Å². The topological polar surface area (TPSA) is 66.4 Å². The highest BCUT2D eigenvalue weighted by Crippen LogP contribution is 1.91. The molecule has 0 aliphatic carbocycles. The first-order valence-corrected chi connectivity index (χ1v) is 4.74. The summed E-state index contributed by atoms with van der Waals surface area (Å²) >= 11 is 0. The highest BCUT2D eigenvalue weighted by atomic mass is 16.2. The Balaban J connectivity index is 3.40. The van der Waals surface area contributed by atoms with Crippen LogP contribution in [0.3, 0.4) is 0 Å². The molecule has 0 aliphatic rings. The number of nitrogens with one attached hydrogen (secondary N) is 1. The highest BCUT2D eigenvalue weighted by Gasteiger charge is 1.94. The molecule has 0 aromatic carbocycles. The largest absolute Gasteiger partial charge is 0.396 e. The monoisotopic (exact) mass is 199 g/mol. The van der Waals surface area contributed by atoms with Crippen molar-refractivity contribution in [2.45, 2.75) is 26.2 Å². The van der Waals surface area contributed by atoms with Crippen molar-refractivity contribution in [2.24, 2.45) is 0 Å². The average Bonchev–Trinajstić information content (AvgIpc) is 2.14. The van der Waals surface area contributed by atoms with Gasteiger partial charge in [-0.2, -0.15) is 0 Å². The summed E-state index contributed by atoms with van der Waals surface area (Å²) in [6, 6.07) is 0. The smallest absolute Gasteiger partial charge is 0.244 e. The molecule has 14 heavy (non-hydrogen) atoms. The average molecular weight is 199 g/mol. The van der Waals surface area contributed by atoms with E-state index in [1.165, 1.54) is 19.1 Å². The van der Waals surface area contributed by atoms with Crippen LogP contribution in [0.5, 0.6) is 0 Å². The van der Waals surface area contributed by atoms with E-state index in [1.54, 1.807) is 0 Å². The highest BCUT2D eigenvalue weighted by molar-refractivity contribution is 5.96. The first kappa shape index (κ1) is 12.8. The van der Waals surface area contributed by atoms with Crippen molar-refractivity contribution in [1.29, 1.82) is 0 Å². The van der Waals surface area contributed by atoms with Gasteiger partial charge in [-0.25, -0.2) is 0 Å². The van der Waals surface area contributed by atoms with Crippen LogP contribution in [0.15, 0.2) is 12.2 Å². The van der Waals surface area contributed by atoms with Crippen molar-refractivity contribution in [2.75, 3.05) is 13.2 Å². The van der Waals surface area contributed by atoms with Crippen LogP contribution in [-0.2, 0) is 9.59 Å². The maximum absolute atomic E-state index is 11.0. The summed E-state index contributed by atoms with van der Waals surface area (Å²) in [7, 11) is 0. The standard InChI is InChI=1S/C10H17NO3/c1-9(13)5-6-10(14)11-7-3-2-4-8-12/h5-6,12H,2-4,7-8H2,1H3,(H,11,14)/b6-5-. The van der Waals surface area contributed by atoms with Crippen LogP contribution in [0, 0.1) is 0 Å². The van der Waals surface area contributed by atoms with Crippen LogP contribution in [0.4, 0.5) is 0 Å². The zero-order chi connectivity index (χ0) is 10.8. The Hall–Kier alpha value is -1.16. The van der Waals surface area contributed by atoms with E-state index < -0.39 is 0 Å². The van der Waals surface area contributed by atoms with Crippen LogP contribution in [0.25, 0.3) is 0 Å². The molecule has 0 bridgehead atoms. The van der Waals surface area contributed by atoms with Gasteiger partial charge in [0.1, 0.15) is 0 Å². The van der Waals surface area contributed by atoms with Gasteiger partial charge in [-0.3, -0.25) is 9.59 Å². The molecule has 4 heteroatoms. The van der Waals surface area contributed by atoms with Crippen molar-refractivity contribution < 1.29 is 14.7 Å². The van der Waals surface area contributed by atoms with E-state index >= 15 is 0 Å². The zero-order valence-electron chi connectivity index (χ0n) is 8.45. The summed E-state index contributed by atoms with van der Waals surface area (Å²) in [6.45, 7) is 2.17. The van der Waals surface area contributed by atoms with Crippen LogP contribution in [0.2, 0.25) is 0 Å². The number of allylic oxidation sites excluding steroid dienone is 1. The normalized spacial score (nSPS) is 10.4. The molecule has 0 atom stereocenters. The predicted molar refractivity (Wildman–Crippen MR) is 53.8 cm³/mol. The summed E-state index contributed by atoms with van der Waals surface area (Å²) in [4.78, 5) is 21.4. The molecule has 0 saturated carbocycles. The number of aliphatic hydroxyl groups is 1. The molecule has 80 valence electrons. The minimum atomic E-state index is -0.246. The third kappa shape index (κ3) is 8.93. The third-order valence-electron chi connectivity index (χ3n) is 1.60. The second-order valence-corrected chi connectivity index (χ2v) is 3.02. The lowest BCUT2D eigenvalue weighted by Crippen LogP contribution is -2.22. The van der Waals surface area contributed by atoms with E-state index in [0.29, 0.717) is 6.54 Å². The molecule has 2 N–H and O–H groups in total. The molecular weight excluding hydrogens is 182 g/mol. The van der Waals surface area contributed by atoms with E-state index in [9.17, 15) is 9.59 Å². The minimum Gasteiger partial charge on any atom is -0.396 e. The molecule has 0 aromatic rings. The molecule has 0 fully saturated rings. The lowest BCUT2D eigenvalue weighted by Gasteiger charge is -2.00. The van der Waals surface area contributed by atoms with Crippen molar-refractivity contribution in [3.63, 3.8) is 0 Å². The van der Waals surface area contributed by atoms with E-state index in [-0.39, 0.29) is 18.3 Å². The number of unbranched alkanes of at least 4 members (excludes halogenated alkanes) is 2. The van der Waals surface area contributed by atoms with Gasteiger partial charge in [0.05, 0.1) is 0 Å². The second kappa shape index (κ2) is 8.44. The van der Waals surface area contributed by atoms with E-state index in [4.69, 9.17) is 5.11 Å². The first-order chi connectivity index (χ1) is 6.66. The summed E-state index contributed by atoms with van der Waals surface area (Å²) in [5, 5.41) is 11.1. The molecule has 0 saturated heterocycles. The summed E-state index contributed by atoms with van der Waals surface area (Å²) in [5.41, 5.74) is 0. The number of ketones is 1. The van der Waals surface area contributed by atoms with Crippen LogP contribution < -0.4 is 5.32 Å². The lowest BCUT2D eigenvalue weighted by atomic mass is 10.2. The Morgan fingerprint density at radius 3 is 2.50 bits per heavy atom. The Morgan fingerprint density at radius 2 is 1.93 bits per heavy atom. The quantitative estimate of drug-likeness (QED) is 0.461. The summed E-state index contributed by atoms with van der Waals surface area (Å²) < 4.78 is 0. The van der Waals surface area contributed by atoms with Gasteiger partial charge in [0.2, 0.25) is 5.91 Å². The van der Waals surface area contributed by atoms with Gasteiger partial charge < -0.3 is 10.4 Å². The maximum atomic E-state index is 11.0. The van der Waals surface area contributed by atoms with Crippen molar-refractivity contribution in [3.8, 4) is 0 Å². The molecule has 0 radical (unpaired) electrons. The fourth-order valence-electron chi connectivity index (χ4n) is 0.877. The molecule has 0 unspecified atom stereocenters. The fraction of sp³-hybridized carbons (Fsp3) is 0.600. The summed E-state index contributed by atoms with van der Waals surface area (Å²) in [6.07, 6.45) is 4.98. The number of carbonyl (C=O) groups excluding carboxylic acids is 2. The molecule has 0 spiro atoms. The Bertz CT molecular complexity index is 211. The molecule has 0 rings (SSSR count). The summed E-state index contributed by atoms with van der Waals surface area (Å²) in [5.74, 6) is -0.385. The SMILES string of the molecule is CC(=O)/C=C\C(=O)NCCCCCO. The number of rotatable bonds is 7. The predicted octanol–water partition coefficient (Wildman–Crippen LogP) is 0.410. The Morgan fingerprint density at radius 1 is 1.21 bits per heavy atom. The zero-order valence-corrected chi connectivity index (χ0v) is 8.45. The van der Waals surface area contributed by atoms with Crippen LogP contribution >= 0.6 is 0 Å². The number of hydrogen-bond acceptors (Lipinski definition) is 3. The molecule has 0 heterocycles. The van der Waals surface area contributed by atoms with E-state index in [2.05, 4.69) is 5.32 Å². The molecule has 1 amide bonds. The lowest BCUT2D eigenvalue weighted by molar-refractivity contribution is -0.117. The molecular formula is C10H17NO3. The van der Waals surface area contributed by atoms with Crippen molar-refractivity contribution >= 4 is 11.7 Å². The van der Waals surface area contributed by atoms with Crippen molar-refractivity contribution in [1.82, 2.24) is 5.32 Å².